The largest absolute Gasteiger partial charge is 0.494 e. The van der Waals surface area contributed by atoms with Gasteiger partial charge in [0.15, 0.2) is 15.0 Å². The molecule has 1 aromatic heterocycles. The van der Waals surface area contributed by atoms with Gasteiger partial charge in [-0.15, -0.1) is 10.2 Å². The second kappa shape index (κ2) is 10.1. The van der Waals surface area contributed by atoms with Gasteiger partial charge in [0.05, 0.1) is 11.5 Å². The van der Waals surface area contributed by atoms with Crippen LogP contribution in [-0.2, 0) is 22.1 Å². The molecule has 0 saturated carbocycles. The van der Waals surface area contributed by atoms with Crippen LogP contribution in [0.15, 0.2) is 64.6 Å². The maximum absolute atomic E-state index is 12.6. The van der Waals surface area contributed by atoms with E-state index in [0.717, 1.165) is 23.1 Å². The van der Waals surface area contributed by atoms with Crippen LogP contribution in [0.2, 0.25) is 5.02 Å². The predicted octanol–water partition coefficient (Wildman–Crippen LogP) is 4.49. The molecule has 0 spiro atoms. The third-order valence-corrected chi connectivity index (χ3v) is 7.07. The van der Waals surface area contributed by atoms with Gasteiger partial charge in [0.1, 0.15) is 17.3 Å². The Morgan fingerprint density at radius 2 is 1.79 bits per heavy atom. The first kappa shape index (κ1) is 21.7. The Hall–Kier alpha value is -2.03. The molecule has 0 fully saturated rings. The van der Waals surface area contributed by atoms with Gasteiger partial charge >= 0.3 is 0 Å². The van der Waals surface area contributed by atoms with Gasteiger partial charge in [-0.2, -0.15) is 0 Å². The fraction of sp³-hybridized carbons (Fsp3) is 0.300. The number of rotatable bonds is 10. The lowest BCUT2D eigenvalue weighted by Gasteiger charge is -2.09. The number of benzene rings is 2. The van der Waals surface area contributed by atoms with Crippen molar-refractivity contribution in [3.63, 3.8) is 0 Å². The zero-order valence-corrected chi connectivity index (χ0v) is 18.4. The van der Waals surface area contributed by atoms with Crippen LogP contribution in [0.3, 0.4) is 0 Å². The van der Waals surface area contributed by atoms with Crippen LogP contribution in [-0.4, -0.2) is 35.5 Å². The van der Waals surface area contributed by atoms with E-state index < -0.39 is 9.84 Å². The third kappa shape index (κ3) is 5.98. The Kier molecular flexibility index (Phi) is 7.57. The molecule has 0 aliphatic heterocycles. The quantitative estimate of drug-likeness (QED) is 0.334. The first-order valence-electron chi connectivity index (χ1n) is 9.20. The summed E-state index contributed by atoms with van der Waals surface area (Å²) in [7, 11) is -3.46. The van der Waals surface area contributed by atoms with E-state index in [2.05, 4.69) is 10.2 Å². The van der Waals surface area contributed by atoms with Gasteiger partial charge in [0.2, 0.25) is 0 Å². The summed E-state index contributed by atoms with van der Waals surface area (Å²) in [6.07, 6.45) is 0.821. The van der Waals surface area contributed by atoms with Crippen LogP contribution in [0.4, 0.5) is 0 Å². The van der Waals surface area contributed by atoms with E-state index in [1.165, 1.54) is 0 Å². The van der Waals surface area contributed by atoms with Crippen molar-refractivity contribution in [1.29, 1.82) is 0 Å². The summed E-state index contributed by atoms with van der Waals surface area (Å²) in [5.41, 5.74) is 0. The number of hydrogen-bond donors (Lipinski definition) is 0. The summed E-state index contributed by atoms with van der Waals surface area (Å²) in [6.45, 7) is 3.14. The minimum absolute atomic E-state index is 0.169. The molecule has 0 aliphatic carbocycles. The molecule has 2 aromatic carbocycles. The van der Waals surface area contributed by atoms with Gasteiger partial charge in [0, 0.05) is 17.3 Å². The number of thioether (sulfide) groups is 1. The monoisotopic (exact) mass is 451 g/mol. The van der Waals surface area contributed by atoms with E-state index in [4.69, 9.17) is 16.3 Å². The molecule has 3 aromatic rings. The minimum Gasteiger partial charge on any atom is -0.494 e. The van der Waals surface area contributed by atoms with E-state index in [9.17, 15) is 8.42 Å². The molecule has 0 unspecified atom stereocenters. The fourth-order valence-electron chi connectivity index (χ4n) is 2.67. The van der Waals surface area contributed by atoms with Crippen molar-refractivity contribution in [2.45, 2.75) is 35.7 Å². The molecule has 1 heterocycles. The van der Waals surface area contributed by atoms with Gasteiger partial charge in [0.25, 0.3) is 0 Å². The zero-order chi connectivity index (χ0) is 20.7. The molecule has 0 atom stereocenters. The molecular weight excluding hydrogens is 430 g/mol. The highest BCUT2D eigenvalue weighted by atomic mass is 35.5. The molecule has 0 N–H and O–H groups in total. The fourth-order valence-corrected chi connectivity index (χ4v) is 5.03. The van der Waals surface area contributed by atoms with Gasteiger partial charge in [-0.05, 0) is 49.7 Å². The molecule has 0 amide bonds. The highest BCUT2D eigenvalue weighted by Crippen LogP contribution is 2.22. The molecule has 0 aliphatic rings. The van der Waals surface area contributed by atoms with Gasteiger partial charge in [-0.1, -0.05) is 41.6 Å². The van der Waals surface area contributed by atoms with Crippen LogP contribution in [0, 0.1) is 0 Å². The molecule has 0 bridgehead atoms. The minimum atomic E-state index is -3.46. The maximum Gasteiger partial charge on any atom is 0.191 e. The number of halogens is 1. The molecule has 0 saturated heterocycles. The molecule has 0 radical (unpaired) electrons. The van der Waals surface area contributed by atoms with Crippen molar-refractivity contribution in [3.05, 3.63) is 65.4 Å². The average Bonchev–Trinajstić information content (AvgIpc) is 3.10. The van der Waals surface area contributed by atoms with Crippen molar-refractivity contribution in [2.24, 2.45) is 0 Å². The Bertz CT molecular complexity index is 1020. The molecule has 154 valence electrons. The van der Waals surface area contributed by atoms with E-state index in [1.807, 2.05) is 23.6 Å². The van der Waals surface area contributed by atoms with Gasteiger partial charge < -0.3 is 9.30 Å². The summed E-state index contributed by atoms with van der Waals surface area (Å²) in [5, 5.41) is 9.71. The number of ether oxygens (including phenoxy) is 1. The van der Waals surface area contributed by atoms with Crippen molar-refractivity contribution in [2.75, 3.05) is 12.4 Å². The molecule has 3 rings (SSSR count). The van der Waals surface area contributed by atoms with Crippen LogP contribution < -0.4 is 4.74 Å². The number of sulfone groups is 1. The zero-order valence-electron chi connectivity index (χ0n) is 16.0. The van der Waals surface area contributed by atoms with E-state index in [1.54, 1.807) is 54.2 Å². The van der Waals surface area contributed by atoms with Crippen molar-refractivity contribution in [1.82, 2.24) is 14.8 Å². The SMILES string of the molecule is CCn1c(CS(=O)(=O)c2ccccc2)nnc1SCCCOc1ccc(Cl)cc1. The smallest absolute Gasteiger partial charge is 0.191 e. The third-order valence-electron chi connectivity index (χ3n) is 4.13. The summed E-state index contributed by atoms with van der Waals surface area (Å²) in [4.78, 5) is 0.291. The lowest BCUT2D eigenvalue weighted by molar-refractivity contribution is 0.318. The number of nitrogens with zero attached hydrogens (tertiary/aromatic N) is 3. The maximum atomic E-state index is 12.6. The van der Waals surface area contributed by atoms with Crippen molar-refractivity contribution >= 4 is 33.2 Å². The summed E-state index contributed by atoms with van der Waals surface area (Å²) in [6, 6.07) is 15.7. The Labute approximate surface area is 180 Å². The second-order valence-electron chi connectivity index (χ2n) is 6.22. The van der Waals surface area contributed by atoms with Crippen LogP contribution in [0.25, 0.3) is 0 Å². The number of aromatic nitrogens is 3. The van der Waals surface area contributed by atoms with Crippen LogP contribution >= 0.6 is 23.4 Å². The first-order chi connectivity index (χ1) is 14.0. The van der Waals surface area contributed by atoms with E-state index in [-0.39, 0.29) is 5.75 Å². The second-order valence-corrected chi connectivity index (χ2v) is 9.71. The Morgan fingerprint density at radius 1 is 1.07 bits per heavy atom. The lowest BCUT2D eigenvalue weighted by Crippen LogP contribution is -2.11. The highest BCUT2D eigenvalue weighted by Gasteiger charge is 2.20. The number of hydrogen-bond acceptors (Lipinski definition) is 6. The van der Waals surface area contributed by atoms with Crippen molar-refractivity contribution < 1.29 is 13.2 Å². The molecule has 29 heavy (non-hydrogen) atoms. The molecule has 6 nitrogen and oxygen atoms in total. The standard InChI is InChI=1S/C20H22ClN3O3S2/c1-2-24-19(15-29(25,26)18-7-4-3-5-8-18)22-23-20(24)28-14-6-13-27-17-11-9-16(21)10-12-17/h3-5,7-12H,2,6,13-15H2,1H3. The topological polar surface area (TPSA) is 74.1 Å². The van der Waals surface area contributed by atoms with Gasteiger partial charge in [-0.25, -0.2) is 8.42 Å². The van der Waals surface area contributed by atoms with Crippen LogP contribution in [0.1, 0.15) is 19.2 Å². The van der Waals surface area contributed by atoms with Gasteiger partial charge in [-0.3, -0.25) is 0 Å². The van der Waals surface area contributed by atoms with Crippen LogP contribution in [0.5, 0.6) is 5.75 Å². The lowest BCUT2D eigenvalue weighted by atomic mass is 10.3. The first-order valence-corrected chi connectivity index (χ1v) is 12.2. The van der Waals surface area contributed by atoms with E-state index in [0.29, 0.717) is 28.9 Å². The predicted molar refractivity (Wildman–Crippen MR) is 115 cm³/mol. The summed E-state index contributed by atoms with van der Waals surface area (Å²) >= 11 is 7.40. The highest BCUT2D eigenvalue weighted by molar-refractivity contribution is 7.99. The molecule has 9 heteroatoms. The normalized spacial score (nSPS) is 11.5. The summed E-state index contributed by atoms with van der Waals surface area (Å²) in [5.74, 6) is 1.86. The average molecular weight is 452 g/mol. The Morgan fingerprint density at radius 3 is 2.48 bits per heavy atom. The van der Waals surface area contributed by atoms with E-state index >= 15 is 0 Å². The molecular formula is C20H22ClN3O3S2. The Balaban J connectivity index is 1.54. The summed E-state index contributed by atoms with van der Waals surface area (Å²) < 4.78 is 32.8. The van der Waals surface area contributed by atoms with Crippen molar-refractivity contribution in [3.8, 4) is 5.75 Å².